The molecular formula is C31H38FN9O2. The van der Waals surface area contributed by atoms with Crippen LogP contribution in [0.15, 0.2) is 48.8 Å². The molecule has 11 nitrogen and oxygen atoms in total. The quantitative estimate of drug-likeness (QED) is 0.249. The first-order valence-electron chi connectivity index (χ1n) is 14.7. The number of hydrogen-bond acceptors (Lipinski definition) is 7. The molecule has 2 aromatic heterocycles. The molecule has 3 heterocycles. The van der Waals surface area contributed by atoms with E-state index in [0.717, 1.165) is 25.2 Å². The average molecular weight is 588 g/mol. The molecule has 3 amide bonds. The topological polar surface area (TPSA) is 134 Å². The largest absolute Gasteiger partial charge is 0.383 e. The second-order valence-electron chi connectivity index (χ2n) is 10.8. The number of amides is 3. The molecule has 4 aromatic rings. The van der Waals surface area contributed by atoms with Gasteiger partial charge in [0.25, 0.3) is 0 Å². The van der Waals surface area contributed by atoms with E-state index in [9.17, 15) is 9.59 Å². The van der Waals surface area contributed by atoms with Gasteiger partial charge in [-0.25, -0.2) is 23.8 Å². The molecule has 0 spiro atoms. The predicted molar refractivity (Wildman–Crippen MR) is 166 cm³/mol. The molecule has 1 fully saturated rings. The number of carbonyl (C=O) groups excluding carboxylic acids is 2. The fourth-order valence-corrected chi connectivity index (χ4v) is 5.53. The summed E-state index contributed by atoms with van der Waals surface area (Å²) in [5, 5.41) is 10.7. The zero-order valence-corrected chi connectivity index (χ0v) is 24.8. The molecule has 12 heteroatoms. The van der Waals surface area contributed by atoms with Gasteiger partial charge < -0.3 is 26.2 Å². The van der Waals surface area contributed by atoms with Crippen molar-refractivity contribution >= 4 is 40.2 Å². The van der Waals surface area contributed by atoms with Gasteiger partial charge in [0.15, 0.2) is 5.65 Å². The maximum atomic E-state index is 15.3. The molecule has 0 atom stereocenters. The number of carbonyl (C=O) groups is 2. The summed E-state index contributed by atoms with van der Waals surface area (Å²) in [5.74, 6) is -0.207. The van der Waals surface area contributed by atoms with Crippen LogP contribution >= 0.6 is 0 Å². The van der Waals surface area contributed by atoms with Crippen LogP contribution in [0, 0.1) is 12.7 Å². The van der Waals surface area contributed by atoms with E-state index in [1.807, 2.05) is 34.7 Å². The molecule has 226 valence electrons. The van der Waals surface area contributed by atoms with Gasteiger partial charge in [-0.2, -0.15) is 5.10 Å². The minimum atomic E-state index is -0.619. The number of rotatable bonds is 9. The van der Waals surface area contributed by atoms with Crippen molar-refractivity contribution in [3.8, 4) is 11.3 Å². The lowest BCUT2D eigenvalue weighted by molar-refractivity contribution is -0.132. The number of urea groups is 1. The van der Waals surface area contributed by atoms with E-state index < -0.39 is 11.8 Å². The number of piperidine rings is 1. The van der Waals surface area contributed by atoms with Crippen molar-refractivity contribution in [2.24, 2.45) is 0 Å². The smallest absolute Gasteiger partial charge is 0.323 e. The van der Waals surface area contributed by atoms with Gasteiger partial charge in [-0.1, -0.05) is 32.0 Å². The Labute approximate surface area is 250 Å². The van der Waals surface area contributed by atoms with Crippen LogP contribution < -0.4 is 16.4 Å². The molecule has 0 bridgehead atoms. The highest BCUT2D eigenvalue weighted by Crippen LogP contribution is 2.35. The van der Waals surface area contributed by atoms with Crippen LogP contribution in [0.1, 0.15) is 44.7 Å². The van der Waals surface area contributed by atoms with E-state index in [2.05, 4.69) is 39.3 Å². The monoisotopic (exact) mass is 587 g/mol. The Hall–Kier alpha value is -4.58. The Morgan fingerprint density at radius 3 is 2.53 bits per heavy atom. The molecule has 0 saturated carbocycles. The highest BCUT2D eigenvalue weighted by Gasteiger charge is 2.28. The molecule has 0 aliphatic carbocycles. The molecule has 43 heavy (non-hydrogen) atoms. The molecule has 0 unspecified atom stereocenters. The molecule has 1 aliphatic heterocycles. The first-order valence-corrected chi connectivity index (χ1v) is 14.7. The normalized spacial score (nSPS) is 13.9. The SMILES string of the molecule is CCN(CC)CCC(=O)N1CCC(n2nc(-c3ccc(NC(=O)Nc4cccc(C)c4)c(F)c3)c3c(N)ncnc32)CC1. The average Bonchev–Trinajstić information content (AvgIpc) is 3.40. The zero-order valence-electron chi connectivity index (χ0n) is 24.8. The number of hydrogen-bond donors (Lipinski definition) is 3. The Kier molecular flexibility index (Phi) is 9.15. The van der Waals surface area contributed by atoms with E-state index in [1.54, 1.807) is 12.1 Å². The summed E-state index contributed by atoms with van der Waals surface area (Å²) in [7, 11) is 0. The third-order valence-electron chi connectivity index (χ3n) is 7.98. The number of anilines is 3. The summed E-state index contributed by atoms with van der Waals surface area (Å²) >= 11 is 0. The van der Waals surface area contributed by atoms with Crippen molar-refractivity contribution in [2.45, 2.75) is 46.1 Å². The highest BCUT2D eigenvalue weighted by atomic mass is 19.1. The van der Waals surface area contributed by atoms with E-state index in [0.29, 0.717) is 60.3 Å². The lowest BCUT2D eigenvalue weighted by Gasteiger charge is -2.32. The van der Waals surface area contributed by atoms with E-state index in [4.69, 9.17) is 10.8 Å². The Balaban J connectivity index is 1.32. The number of aryl methyl sites for hydroxylation is 1. The van der Waals surface area contributed by atoms with Crippen molar-refractivity contribution in [2.75, 3.05) is 49.1 Å². The second-order valence-corrected chi connectivity index (χ2v) is 10.8. The minimum Gasteiger partial charge on any atom is -0.383 e. The number of benzene rings is 2. The van der Waals surface area contributed by atoms with Crippen LogP contribution in [0.3, 0.4) is 0 Å². The summed E-state index contributed by atoms with van der Waals surface area (Å²) in [6.07, 6.45) is 3.33. The van der Waals surface area contributed by atoms with Crippen LogP contribution in [0.2, 0.25) is 0 Å². The molecule has 0 radical (unpaired) electrons. The Morgan fingerprint density at radius 2 is 1.84 bits per heavy atom. The molecule has 4 N–H and O–H groups in total. The predicted octanol–water partition coefficient (Wildman–Crippen LogP) is 5.06. The second kappa shape index (κ2) is 13.2. The van der Waals surface area contributed by atoms with Crippen molar-refractivity contribution in [3.05, 3.63) is 60.2 Å². The van der Waals surface area contributed by atoms with Gasteiger partial charge in [-0.3, -0.25) is 4.79 Å². The zero-order chi connectivity index (χ0) is 30.5. The first kappa shape index (κ1) is 29.9. The van der Waals surface area contributed by atoms with Crippen molar-refractivity contribution in [3.63, 3.8) is 0 Å². The third kappa shape index (κ3) is 6.75. The number of nitrogens with two attached hydrogens (primary N) is 1. The van der Waals surface area contributed by atoms with Crippen LogP contribution in [-0.4, -0.2) is 74.2 Å². The van der Waals surface area contributed by atoms with Crippen LogP contribution in [0.25, 0.3) is 22.3 Å². The number of nitrogen functional groups attached to an aromatic ring is 1. The maximum Gasteiger partial charge on any atom is 0.323 e. The van der Waals surface area contributed by atoms with Crippen molar-refractivity contribution in [1.82, 2.24) is 29.5 Å². The summed E-state index contributed by atoms with van der Waals surface area (Å²) in [4.78, 5) is 38.1. The summed E-state index contributed by atoms with van der Waals surface area (Å²) in [6, 6.07) is 11.3. The number of nitrogens with zero attached hydrogens (tertiary/aromatic N) is 6. The Morgan fingerprint density at radius 1 is 1.07 bits per heavy atom. The molecule has 1 aliphatic rings. The highest BCUT2D eigenvalue weighted by molar-refractivity contribution is 6.01. The standard InChI is InChI=1S/C31H38FN9O2/c1-4-39(5-2)14-13-26(42)40-15-11-23(12-16-40)41-30-27(29(33)34-19-35-30)28(38-41)21-9-10-25(24(32)18-21)37-31(43)36-22-8-6-7-20(3)17-22/h6-10,17-19,23H,4-5,11-16H2,1-3H3,(H2,33,34,35)(H2,36,37,43). The van der Waals surface area contributed by atoms with Gasteiger partial charge in [0.2, 0.25) is 5.91 Å². The lowest BCUT2D eigenvalue weighted by Crippen LogP contribution is -2.40. The fourth-order valence-electron chi connectivity index (χ4n) is 5.53. The van der Waals surface area contributed by atoms with Crippen LogP contribution in [0.5, 0.6) is 0 Å². The van der Waals surface area contributed by atoms with E-state index >= 15 is 4.39 Å². The molecule has 5 rings (SSSR count). The number of aromatic nitrogens is 4. The van der Waals surface area contributed by atoms with Gasteiger partial charge in [0, 0.05) is 37.3 Å². The number of fused-ring (bicyclic) bond motifs is 1. The Bertz CT molecular complexity index is 1610. The van der Waals surface area contributed by atoms with Gasteiger partial charge >= 0.3 is 6.03 Å². The summed E-state index contributed by atoms with van der Waals surface area (Å²) in [6.45, 7) is 9.99. The summed E-state index contributed by atoms with van der Waals surface area (Å²) in [5.41, 5.74) is 9.41. The maximum absolute atomic E-state index is 15.3. The minimum absolute atomic E-state index is 0.00603. The van der Waals surface area contributed by atoms with Gasteiger partial charge in [0.1, 0.15) is 23.7 Å². The lowest BCUT2D eigenvalue weighted by atomic mass is 10.0. The third-order valence-corrected chi connectivity index (χ3v) is 7.98. The van der Waals surface area contributed by atoms with Crippen LogP contribution in [-0.2, 0) is 4.79 Å². The van der Waals surface area contributed by atoms with Gasteiger partial charge in [0.05, 0.1) is 17.1 Å². The van der Waals surface area contributed by atoms with Crippen LogP contribution in [0.4, 0.5) is 26.4 Å². The number of likely N-dealkylation sites (tertiary alicyclic amines) is 1. The molecule has 1 saturated heterocycles. The fraction of sp³-hybridized carbons (Fsp3) is 0.387. The van der Waals surface area contributed by atoms with Crippen molar-refractivity contribution < 1.29 is 14.0 Å². The van der Waals surface area contributed by atoms with E-state index in [1.165, 1.54) is 18.5 Å². The number of halogens is 1. The number of nitrogens with one attached hydrogen (secondary N) is 2. The first-order chi connectivity index (χ1) is 20.8. The molecular weight excluding hydrogens is 549 g/mol. The van der Waals surface area contributed by atoms with Gasteiger partial charge in [-0.15, -0.1) is 0 Å². The summed E-state index contributed by atoms with van der Waals surface area (Å²) < 4.78 is 17.1. The molecule has 2 aromatic carbocycles. The van der Waals surface area contributed by atoms with Gasteiger partial charge in [-0.05, 0) is 62.7 Å². The van der Waals surface area contributed by atoms with Crippen molar-refractivity contribution in [1.29, 1.82) is 0 Å². The van der Waals surface area contributed by atoms with E-state index in [-0.39, 0.29) is 23.5 Å².